The normalized spacial score (nSPS) is 14.4. The molecule has 0 spiro atoms. The third kappa shape index (κ3) is 1.98. The van der Waals surface area contributed by atoms with Crippen LogP contribution in [0.3, 0.4) is 0 Å². The van der Waals surface area contributed by atoms with Crippen LogP contribution < -0.4 is 5.73 Å². The van der Waals surface area contributed by atoms with Crippen molar-refractivity contribution in [2.75, 3.05) is 5.73 Å². The number of benzene rings is 1. The highest BCUT2D eigenvalue weighted by Crippen LogP contribution is 2.42. The number of nitrogens with one attached hydrogen (secondary N) is 1. The molecule has 0 amide bonds. The van der Waals surface area contributed by atoms with E-state index in [4.69, 9.17) is 5.73 Å². The molecule has 4 rings (SSSR count). The van der Waals surface area contributed by atoms with Gasteiger partial charge in [0.1, 0.15) is 5.82 Å². The lowest BCUT2D eigenvalue weighted by Gasteiger charge is -2.07. The van der Waals surface area contributed by atoms with E-state index < -0.39 is 4.92 Å². The van der Waals surface area contributed by atoms with Crippen molar-refractivity contribution < 1.29 is 4.92 Å². The summed E-state index contributed by atoms with van der Waals surface area (Å²) in [4.78, 5) is 15.1. The summed E-state index contributed by atoms with van der Waals surface area (Å²) in [6.45, 7) is 0. The Morgan fingerprint density at radius 1 is 1.32 bits per heavy atom. The van der Waals surface area contributed by atoms with Crippen molar-refractivity contribution in [2.24, 2.45) is 0 Å². The molecule has 1 fully saturated rings. The predicted molar refractivity (Wildman–Crippen MR) is 82.4 cm³/mol. The number of nitrogens with zero attached hydrogens (tertiary/aromatic N) is 3. The number of H-pyrrole nitrogens is 1. The minimum atomic E-state index is -0.400. The van der Waals surface area contributed by atoms with Crippen LogP contribution in [0.4, 0.5) is 11.5 Å². The van der Waals surface area contributed by atoms with E-state index in [0.29, 0.717) is 22.8 Å². The molecule has 1 aromatic carbocycles. The Morgan fingerprint density at radius 3 is 2.86 bits per heavy atom. The Balaban J connectivity index is 1.98. The Morgan fingerprint density at radius 2 is 2.14 bits per heavy atom. The predicted octanol–water partition coefficient (Wildman–Crippen LogP) is 2.99. The van der Waals surface area contributed by atoms with Crippen LogP contribution in [-0.2, 0) is 0 Å². The zero-order chi connectivity index (χ0) is 15.3. The largest absolute Gasteiger partial charge is 0.383 e. The fourth-order valence-electron chi connectivity index (χ4n) is 2.67. The van der Waals surface area contributed by atoms with Gasteiger partial charge in [-0.3, -0.25) is 15.2 Å². The number of aromatic amines is 1. The molecule has 110 valence electrons. The molecular formula is C15H13N5O2. The molecular weight excluding hydrogens is 282 g/mol. The first-order valence-corrected chi connectivity index (χ1v) is 7.03. The SMILES string of the molecule is Nc1[nH]nc2nc(C3CC3)cc(-c3cccc([N+](=O)[O-])c3)c12. The second kappa shape index (κ2) is 4.52. The molecule has 2 heterocycles. The molecule has 0 bridgehead atoms. The third-order valence-corrected chi connectivity index (χ3v) is 3.94. The lowest BCUT2D eigenvalue weighted by Crippen LogP contribution is -1.93. The summed E-state index contributed by atoms with van der Waals surface area (Å²) >= 11 is 0. The van der Waals surface area contributed by atoms with Gasteiger partial charge in [-0.15, -0.1) is 0 Å². The molecule has 22 heavy (non-hydrogen) atoms. The molecule has 0 unspecified atom stereocenters. The Hall–Kier alpha value is -2.96. The van der Waals surface area contributed by atoms with Crippen molar-refractivity contribution in [1.82, 2.24) is 15.2 Å². The van der Waals surface area contributed by atoms with E-state index in [1.807, 2.05) is 12.1 Å². The number of rotatable bonds is 3. The lowest BCUT2D eigenvalue weighted by atomic mass is 10.0. The minimum absolute atomic E-state index is 0.0532. The summed E-state index contributed by atoms with van der Waals surface area (Å²) < 4.78 is 0. The standard InChI is InChI=1S/C15H13N5O2/c16-14-13-11(9-2-1-3-10(6-9)20(21)22)7-12(8-4-5-8)17-15(13)19-18-14/h1-3,6-8H,4-5H2,(H3,16,17,18,19). The van der Waals surface area contributed by atoms with Gasteiger partial charge in [0, 0.05) is 23.7 Å². The quantitative estimate of drug-likeness (QED) is 0.570. The molecule has 0 saturated heterocycles. The highest BCUT2D eigenvalue weighted by molar-refractivity contribution is 6.00. The van der Waals surface area contributed by atoms with Crippen molar-refractivity contribution in [1.29, 1.82) is 0 Å². The number of nitro groups is 1. The van der Waals surface area contributed by atoms with Gasteiger partial charge in [0.15, 0.2) is 5.65 Å². The summed E-state index contributed by atoms with van der Waals surface area (Å²) in [6.07, 6.45) is 2.24. The summed E-state index contributed by atoms with van der Waals surface area (Å²) in [6, 6.07) is 8.52. The number of nitrogens with two attached hydrogens (primary N) is 1. The molecule has 7 heteroatoms. The Bertz CT molecular complexity index is 898. The molecule has 7 nitrogen and oxygen atoms in total. The number of nitro benzene ring substituents is 1. The molecule has 3 aromatic rings. The van der Waals surface area contributed by atoms with Crippen molar-refractivity contribution in [3.05, 3.63) is 46.1 Å². The van der Waals surface area contributed by atoms with E-state index in [0.717, 1.165) is 29.7 Å². The van der Waals surface area contributed by atoms with Gasteiger partial charge < -0.3 is 5.73 Å². The van der Waals surface area contributed by atoms with Crippen molar-refractivity contribution in [3.63, 3.8) is 0 Å². The van der Waals surface area contributed by atoms with E-state index in [1.54, 1.807) is 12.1 Å². The number of hydrogen-bond donors (Lipinski definition) is 2. The van der Waals surface area contributed by atoms with Crippen LogP contribution in [0.5, 0.6) is 0 Å². The molecule has 0 aliphatic heterocycles. The van der Waals surface area contributed by atoms with Gasteiger partial charge in [-0.05, 0) is 30.0 Å². The third-order valence-electron chi connectivity index (χ3n) is 3.94. The van der Waals surface area contributed by atoms with Gasteiger partial charge >= 0.3 is 0 Å². The molecule has 0 radical (unpaired) electrons. The van der Waals surface area contributed by atoms with E-state index in [1.165, 1.54) is 6.07 Å². The first-order chi connectivity index (χ1) is 10.6. The molecule has 0 atom stereocenters. The average molecular weight is 295 g/mol. The molecule has 1 saturated carbocycles. The van der Waals surface area contributed by atoms with E-state index in [2.05, 4.69) is 15.2 Å². The average Bonchev–Trinajstić information content (AvgIpc) is 3.31. The van der Waals surface area contributed by atoms with Gasteiger partial charge in [-0.2, -0.15) is 5.10 Å². The molecule has 1 aliphatic carbocycles. The first kappa shape index (κ1) is 12.8. The highest BCUT2D eigenvalue weighted by atomic mass is 16.6. The van der Waals surface area contributed by atoms with E-state index >= 15 is 0 Å². The van der Waals surface area contributed by atoms with Crippen LogP contribution in [0, 0.1) is 10.1 Å². The van der Waals surface area contributed by atoms with Crippen molar-refractivity contribution >= 4 is 22.5 Å². The van der Waals surface area contributed by atoms with Crippen LogP contribution in [0.15, 0.2) is 30.3 Å². The smallest absolute Gasteiger partial charge is 0.270 e. The number of pyridine rings is 1. The monoisotopic (exact) mass is 295 g/mol. The summed E-state index contributed by atoms with van der Waals surface area (Å²) in [5, 5.41) is 18.6. The van der Waals surface area contributed by atoms with Crippen molar-refractivity contribution in [3.8, 4) is 11.1 Å². The van der Waals surface area contributed by atoms with Gasteiger partial charge in [-0.1, -0.05) is 12.1 Å². The topological polar surface area (TPSA) is 111 Å². The zero-order valence-electron chi connectivity index (χ0n) is 11.6. The molecule has 2 aromatic heterocycles. The Labute approximate surface area is 125 Å². The van der Waals surface area contributed by atoms with Crippen LogP contribution in [-0.4, -0.2) is 20.1 Å². The van der Waals surface area contributed by atoms with Crippen molar-refractivity contribution in [2.45, 2.75) is 18.8 Å². The fraction of sp³-hybridized carbons (Fsp3) is 0.200. The van der Waals surface area contributed by atoms with Crippen LogP contribution in [0.1, 0.15) is 24.5 Å². The van der Waals surface area contributed by atoms with Gasteiger partial charge in [0.25, 0.3) is 5.69 Å². The maximum absolute atomic E-state index is 11.0. The first-order valence-electron chi connectivity index (χ1n) is 7.03. The number of hydrogen-bond acceptors (Lipinski definition) is 5. The summed E-state index contributed by atoms with van der Waals surface area (Å²) in [5.41, 5.74) is 9.13. The number of fused-ring (bicyclic) bond motifs is 1. The molecule has 1 aliphatic rings. The highest BCUT2D eigenvalue weighted by Gasteiger charge is 2.27. The number of anilines is 1. The second-order valence-electron chi connectivity index (χ2n) is 5.51. The van der Waals surface area contributed by atoms with Crippen LogP contribution in [0.25, 0.3) is 22.2 Å². The lowest BCUT2D eigenvalue weighted by molar-refractivity contribution is -0.384. The zero-order valence-corrected chi connectivity index (χ0v) is 11.6. The number of non-ortho nitro benzene ring substituents is 1. The van der Waals surface area contributed by atoms with Crippen LogP contribution >= 0.6 is 0 Å². The maximum Gasteiger partial charge on any atom is 0.270 e. The van der Waals surface area contributed by atoms with Gasteiger partial charge in [-0.25, -0.2) is 4.98 Å². The fourth-order valence-corrected chi connectivity index (χ4v) is 2.67. The van der Waals surface area contributed by atoms with Gasteiger partial charge in [0.2, 0.25) is 0 Å². The summed E-state index contributed by atoms with van der Waals surface area (Å²) in [5.74, 6) is 0.881. The number of aromatic nitrogens is 3. The minimum Gasteiger partial charge on any atom is -0.383 e. The van der Waals surface area contributed by atoms with E-state index in [9.17, 15) is 10.1 Å². The summed E-state index contributed by atoms with van der Waals surface area (Å²) in [7, 11) is 0. The van der Waals surface area contributed by atoms with Crippen LogP contribution in [0.2, 0.25) is 0 Å². The van der Waals surface area contributed by atoms with Gasteiger partial charge in [0.05, 0.1) is 10.3 Å². The second-order valence-corrected chi connectivity index (χ2v) is 5.51. The number of nitrogen functional groups attached to an aromatic ring is 1. The van der Waals surface area contributed by atoms with E-state index in [-0.39, 0.29) is 5.69 Å². The molecule has 3 N–H and O–H groups in total. The Kier molecular flexibility index (Phi) is 2.62. The maximum atomic E-state index is 11.0.